The first kappa shape index (κ1) is 21.8. The highest BCUT2D eigenvalue weighted by atomic mass is 32.1. The molecule has 6 nitrogen and oxygen atoms in total. The summed E-state index contributed by atoms with van der Waals surface area (Å²) in [6.07, 6.45) is -4.82. The summed E-state index contributed by atoms with van der Waals surface area (Å²) >= 11 is 1.23. The van der Waals surface area contributed by atoms with Crippen LogP contribution in [0.2, 0.25) is 0 Å². The molecular weight excluding hydrogens is 443 g/mol. The molecule has 0 fully saturated rings. The average molecular weight is 461 g/mol. The van der Waals surface area contributed by atoms with Crippen LogP contribution in [-0.2, 0) is 12.7 Å². The number of rotatable bonds is 4. The second-order valence-corrected chi connectivity index (χ2v) is 7.95. The second-order valence-electron chi connectivity index (χ2n) is 7.14. The van der Waals surface area contributed by atoms with E-state index in [4.69, 9.17) is 4.74 Å². The van der Waals surface area contributed by atoms with E-state index in [9.17, 15) is 22.8 Å². The van der Waals surface area contributed by atoms with E-state index in [1.54, 1.807) is 19.2 Å². The van der Waals surface area contributed by atoms with E-state index in [2.05, 4.69) is 4.37 Å². The van der Waals surface area contributed by atoms with Gasteiger partial charge in [-0.25, -0.2) is 9.36 Å². The van der Waals surface area contributed by atoms with Gasteiger partial charge >= 0.3 is 11.9 Å². The van der Waals surface area contributed by atoms with Gasteiger partial charge in [0, 0.05) is 23.6 Å². The summed E-state index contributed by atoms with van der Waals surface area (Å²) in [6, 6.07) is 10.9. The third-order valence-corrected chi connectivity index (χ3v) is 5.95. The lowest BCUT2D eigenvalue weighted by molar-refractivity contribution is -0.144. The zero-order valence-corrected chi connectivity index (χ0v) is 18.2. The number of benzene rings is 2. The van der Waals surface area contributed by atoms with Crippen LogP contribution in [0.25, 0.3) is 27.0 Å². The van der Waals surface area contributed by atoms with Gasteiger partial charge in [0.1, 0.15) is 11.4 Å². The summed E-state index contributed by atoms with van der Waals surface area (Å²) in [5.74, 6) is 0.605. The molecule has 0 radical (unpaired) electrons. The third kappa shape index (κ3) is 3.60. The molecule has 10 heteroatoms. The summed E-state index contributed by atoms with van der Waals surface area (Å²) in [5, 5.41) is 0.658. The molecule has 0 bridgehead atoms. The van der Waals surface area contributed by atoms with E-state index < -0.39 is 23.1 Å². The first-order chi connectivity index (χ1) is 15.2. The maximum atomic E-state index is 13.3. The number of hydrogen-bond donors (Lipinski definition) is 0. The molecule has 0 aliphatic heterocycles. The lowest BCUT2D eigenvalue weighted by atomic mass is 10.0. The van der Waals surface area contributed by atoms with E-state index in [-0.39, 0.29) is 12.2 Å². The number of halogens is 3. The Balaban J connectivity index is 1.98. The molecule has 0 aliphatic carbocycles. The topological polar surface area (TPSA) is 66.1 Å². The predicted octanol–water partition coefficient (Wildman–Crippen LogP) is 4.63. The standard InChI is InChI=1S/C22H18F3N3O3S/c1-4-27-18(22(23,24)25)11-19(29)28(21(27)30)13-6-8-17-15(10-13)20(26-32-17)14-9-12(2)5-7-16(14)31-3/h5-11H,4H2,1-3H3. The molecule has 0 spiro atoms. The van der Waals surface area contributed by atoms with Crippen LogP contribution in [0.5, 0.6) is 5.75 Å². The highest BCUT2D eigenvalue weighted by Crippen LogP contribution is 2.37. The van der Waals surface area contributed by atoms with Gasteiger partial charge in [0.2, 0.25) is 0 Å². The SMILES string of the molecule is CCn1c(C(F)(F)F)cc(=O)n(-c2ccc3snc(-c4cc(C)ccc4OC)c3c2)c1=O. The summed E-state index contributed by atoms with van der Waals surface area (Å²) in [7, 11) is 1.54. The quantitative estimate of drug-likeness (QED) is 0.445. The minimum Gasteiger partial charge on any atom is -0.496 e. The zero-order chi connectivity index (χ0) is 23.2. The van der Waals surface area contributed by atoms with Crippen molar-refractivity contribution in [2.45, 2.75) is 26.6 Å². The van der Waals surface area contributed by atoms with Crippen LogP contribution in [0.3, 0.4) is 0 Å². The lowest BCUT2D eigenvalue weighted by Gasteiger charge is -2.16. The van der Waals surface area contributed by atoms with E-state index in [0.717, 1.165) is 20.4 Å². The maximum Gasteiger partial charge on any atom is 0.431 e. The summed E-state index contributed by atoms with van der Waals surface area (Å²) in [5.41, 5.74) is -0.882. The number of fused-ring (bicyclic) bond motifs is 1. The van der Waals surface area contributed by atoms with Crippen LogP contribution in [0.1, 0.15) is 18.2 Å². The highest BCUT2D eigenvalue weighted by molar-refractivity contribution is 7.13. The molecule has 32 heavy (non-hydrogen) atoms. The molecule has 2 aromatic carbocycles. The Morgan fingerprint density at radius 2 is 1.84 bits per heavy atom. The van der Waals surface area contributed by atoms with Crippen molar-refractivity contribution in [3.8, 4) is 22.7 Å². The fraction of sp³-hybridized carbons (Fsp3) is 0.227. The molecule has 0 saturated heterocycles. The first-order valence-corrected chi connectivity index (χ1v) is 10.4. The Hall–Kier alpha value is -3.40. The molecule has 2 aromatic heterocycles. The number of hydrogen-bond acceptors (Lipinski definition) is 5. The van der Waals surface area contributed by atoms with Crippen molar-refractivity contribution in [3.05, 3.63) is 74.6 Å². The Morgan fingerprint density at radius 1 is 1.09 bits per heavy atom. The Bertz CT molecular complexity index is 1450. The van der Waals surface area contributed by atoms with Crippen LogP contribution in [0.4, 0.5) is 13.2 Å². The van der Waals surface area contributed by atoms with Crippen molar-refractivity contribution in [2.24, 2.45) is 0 Å². The second kappa shape index (κ2) is 7.94. The van der Waals surface area contributed by atoms with Gasteiger partial charge in [-0.2, -0.15) is 17.5 Å². The Kier molecular flexibility index (Phi) is 5.41. The van der Waals surface area contributed by atoms with Gasteiger partial charge in [0.15, 0.2) is 0 Å². The average Bonchev–Trinajstić information content (AvgIpc) is 3.16. The third-order valence-electron chi connectivity index (χ3n) is 5.12. The van der Waals surface area contributed by atoms with Gasteiger partial charge in [-0.05, 0) is 55.7 Å². The van der Waals surface area contributed by atoms with Gasteiger partial charge in [-0.3, -0.25) is 9.36 Å². The van der Waals surface area contributed by atoms with E-state index in [0.29, 0.717) is 27.5 Å². The molecule has 0 atom stereocenters. The summed E-state index contributed by atoms with van der Waals surface area (Å²) < 4.78 is 52.0. The molecule has 0 unspecified atom stereocenters. The van der Waals surface area contributed by atoms with Crippen LogP contribution in [0.15, 0.2) is 52.1 Å². The predicted molar refractivity (Wildman–Crippen MR) is 117 cm³/mol. The molecule has 4 aromatic rings. The summed E-state index contributed by atoms with van der Waals surface area (Å²) in [6.45, 7) is 3.11. The van der Waals surface area contributed by atoms with Crippen molar-refractivity contribution >= 4 is 21.6 Å². The molecule has 166 valence electrons. The Morgan fingerprint density at radius 3 is 2.50 bits per heavy atom. The molecule has 0 aliphatic rings. The van der Waals surface area contributed by atoms with Crippen molar-refractivity contribution in [1.29, 1.82) is 0 Å². The van der Waals surface area contributed by atoms with Gasteiger partial charge in [0.25, 0.3) is 5.56 Å². The minimum atomic E-state index is -4.82. The first-order valence-electron chi connectivity index (χ1n) is 9.64. The number of aryl methyl sites for hydroxylation is 1. The van der Waals surface area contributed by atoms with Gasteiger partial charge in [-0.1, -0.05) is 11.6 Å². The lowest BCUT2D eigenvalue weighted by Crippen LogP contribution is -2.41. The molecular formula is C22H18F3N3O3S. The number of ether oxygens (including phenoxy) is 1. The van der Waals surface area contributed by atoms with Crippen molar-refractivity contribution in [2.75, 3.05) is 7.11 Å². The maximum absolute atomic E-state index is 13.3. The molecule has 2 heterocycles. The number of aromatic nitrogens is 3. The van der Waals surface area contributed by atoms with Crippen LogP contribution in [-0.4, -0.2) is 20.6 Å². The normalized spacial score (nSPS) is 11.8. The molecule has 4 rings (SSSR count). The van der Waals surface area contributed by atoms with E-state index >= 15 is 0 Å². The fourth-order valence-electron chi connectivity index (χ4n) is 3.62. The number of nitrogens with zero attached hydrogens (tertiary/aromatic N) is 3. The monoisotopic (exact) mass is 461 g/mol. The molecule has 0 N–H and O–H groups in total. The molecule has 0 saturated carbocycles. The van der Waals surface area contributed by atoms with Crippen LogP contribution in [0, 0.1) is 6.92 Å². The van der Waals surface area contributed by atoms with Gasteiger partial charge < -0.3 is 4.74 Å². The summed E-state index contributed by atoms with van der Waals surface area (Å²) in [4.78, 5) is 25.4. The number of alkyl halides is 3. The number of methoxy groups -OCH3 is 1. The molecule has 0 amide bonds. The van der Waals surface area contributed by atoms with Crippen molar-refractivity contribution in [3.63, 3.8) is 0 Å². The highest BCUT2D eigenvalue weighted by Gasteiger charge is 2.35. The van der Waals surface area contributed by atoms with E-state index in [1.807, 2.05) is 25.1 Å². The van der Waals surface area contributed by atoms with Crippen molar-refractivity contribution in [1.82, 2.24) is 13.5 Å². The van der Waals surface area contributed by atoms with E-state index in [1.165, 1.54) is 24.5 Å². The van der Waals surface area contributed by atoms with Gasteiger partial charge in [0.05, 0.1) is 23.2 Å². The van der Waals surface area contributed by atoms with Gasteiger partial charge in [-0.15, -0.1) is 0 Å². The minimum absolute atomic E-state index is 0.163. The smallest absolute Gasteiger partial charge is 0.431 e. The van der Waals surface area contributed by atoms with Crippen molar-refractivity contribution < 1.29 is 17.9 Å². The largest absolute Gasteiger partial charge is 0.496 e. The zero-order valence-electron chi connectivity index (χ0n) is 17.4. The van der Waals surface area contributed by atoms with Crippen LogP contribution < -0.4 is 16.0 Å². The van der Waals surface area contributed by atoms with Crippen LogP contribution >= 0.6 is 11.5 Å². The fourth-order valence-corrected chi connectivity index (χ4v) is 4.39. The Labute approximate surface area is 184 Å².